The molecule has 2 aromatic carbocycles. The Bertz CT molecular complexity index is 556. The second-order valence-electron chi connectivity index (χ2n) is 6.10. The van der Waals surface area contributed by atoms with E-state index in [1.54, 1.807) is 0 Å². The third-order valence-electron chi connectivity index (χ3n) is 3.68. The largest absolute Gasteiger partial charge is 0.399 e. The highest BCUT2D eigenvalue weighted by Crippen LogP contribution is 2.22. The number of nitrogens with one attached hydrogen (secondary N) is 1. The van der Waals surface area contributed by atoms with Crippen molar-refractivity contribution >= 4 is 5.69 Å². The predicted molar refractivity (Wildman–Crippen MR) is 86.8 cm³/mol. The SMILES string of the molecule is Cc1ccc(C(C)(C)CNCc2cccc(N)c2)cc1. The van der Waals surface area contributed by atoms with Crippen molar-refractivity contribution in [1.29, 1.82) is 0 Å². The summed E-state index contributed by atoms with van der Waals surface area (Å²) in [4.78, 5) is 0. The summed E-state index contributed by atoms with van der Waals surface area (Å²) >= 11 is 0. The summed E-state index contributed by atoms with van der Waals surface area (Å²) in [5, 5.41) is 3.53. The van der Waals surface area contributed by atoms with Crippen LogP contribution in [0.1, 0.15) is 30.5 Å². The number of hydrogen-bond acceptors (Lipinski definition) is 2. The number of anilines is 1. The smallest absolute Gasteiger partial charge is 0.0317 e. The number of benzene rings is 2. The number of nitrogen functional groups attached to an aromatic ring is 1. The molecule has 0 bridgehead atoms. The Hall–Kier alpha value is -1.80. The minimum absolute atomic E-state index is 0.119. The Labute approximate surface area is 122 Å². The molecule has 0 aliphatic heterocycles. The first-order valence-corrected chi connectivity index (χ1v) is 7.10. The zero-order chi connectivity index (χ0) is 14.6. The molecule has 0 spiro atoms. The number of hydrogen-bond donors (Lipinski definition) is 2. The van der Waals surface area contributed by atoms with Crippen LogP contribution < -0.4 is 11.1 Å². The van der Waals surface area contributed by atoms with Gasteiger partial charge in [-0.15, -0.1) is 0 Å². The van der Waals surface area contributed by atoms with Gasteiger partial charge in [-0.3, -0.25) is 0 Å². The topological polar surface area (TPSA) is 38.0 Å². The van der Waals surface area contributed by atoms with E-state index in [-0.39, 0.29) is 5.41 Å². The van der Waals surface area contributed by atoms with Crippen LogP contribution in [-0.4, -0.2) is 6.54 Å². The summed E-state index contributed by atoms with van der Waals surface area (Å²) in [7, 11) is 0. The van der Waals surface area contributed by atoms with Crippen molar-refractivity contribution in [2.75, 3.05) is 12.3 Å². The highest BCUT2D eigenvalue weighted by molar-refractivity contribution is 5.40. The molecule has 0 saturated carbocycles. The van der Waals surface area contributed by atoms with Gasteiger partial charge in [-0.25, -0.2) is 0 Å². The van der Waals surface area contributed by atoms with Gasteiger partial charge in [0.2, 0.25) is 0 Å². The molecule has 2 aromatic rings. The van der Waals surface area contributed by atoms with Crippen molar-refractivity contribution < 1.29 is 0 Å². The molecule has 2 nitrogen and oxygen atoms in total. The molecule has 0 saturated heterocycles. The Morgan fingerprint density at radius 1 is 1.05 bits per heavy atom. The van der Waals surface area contributed by atoms with Crippen molar-refractivity contribution in [1.82, 2.24) is 5.32 Å². The van der Waals surface area contributed by atoms with E-state index in [0.717, 1.165) is 18.8 Å². The Morgan fingerprint density at radius 3 is 2.40 bits per heavy atom. The first-order valence-electron chi connectivity index (χ1n) is 7.10. The van der Waals surface area contributed by atoms with E-state index in [0.29, 0.717) is 0 Å². The average molecular weight is 268 g/mol. The van der Waals surface area contributed by atoms with Crippen LogP contribution in [0.4, 0.5) is 5.69 Å². The lowest BCUT2D eigenvalue weighted by Crippen LogP contribution is -2.32. The molecule has 0 aliphatic carbocycles. The van der Waals surface area contributed by atoms with Crippen LogP contribution in [0.2, 0.25) is 0 Å². The third kappa shape index (κ3) is 3.84. The minimum Gasteiger partial charge on any atom is -0.399 e. The minimum atomic E-state index is 0.119. The number of aryl methyl sites for hydroxylation is 1. The standard InChI is InChI=1S/C18H24N2/c1-14-7-9-16(10-8-14)18(2,3)13-20-12-15-5-4-6-17(19)11-15/h4-11,20H,12-13,19H2,1-3H3. The van der Waals surface area contributed by atoms with Gasteiger partial charge in [0.15, 0.2) is 0 Å². The first kappa shape index (κ1) is 14.6. The molecule has 0 amide bonds. The van der Waals surface area contributed by atoms with Gasteiger partial charge in [0.25, 0.3) is 0 Å². The molecule has 0 unspecified atom stereocenters. The molecule has 2 heteroatoms. The van der Waals surface area contributed by atoms with E-state index < -0.39 is 0 Å². The van der Waals surface area contributed by atoms with E-state index in [9.17, 15) is 0 Å². The van der Waals surface area contributed by atoms with Gasteiger partial charge in [0.1, 0.15) is 0 Å². The van der Waals surface area contributed by atoms with Crippen LogP contribution in [0, 0.1) is 6.92 Å². The van der Waals surface area contributed by atoms with E-state index >= 15 is 0 Å². The van der Waals surface area contributed by atoms with E-state index in [1.165, 1.54) is 16.7 Å². The molecule has 0 atom stereocenters. The van der Waals surface area contributed by atoms with Crippen molar-refractivity contribution in [2.24, 2.45) is 0 Å². The summed E-state index contributed by atoms with van der Waals surface area (Å²) in [5.41, 5.74) is 10.6. The molecule has 0 aromatic heterocycles. The average Bonchev–Trinajstić information content (AvgIpc) is 2.39. The predicted octanol–water partition coefficient (Wildman–Crippen LogP) is 3.64. The number of rotatable bonds is 5. The summed E-state index contributed by atoms with van der Waals surface area (Å²) in [5.74, 6) is 0. The number of nitrogens with two attached hydrogens (primary N) is 1. The second-order valence-corrected chi connectivity index (χ2v) is 6.10. The van der Waals surface area contributed by atoms with Crippen molar-refractivity contribution in [3.63, 3.8) is 0 Å². The normalized spacial score (nSPS) is 11.6. The fourth-order valence-corrected chi connectivity index (χ4v) is 2.33. The molecule has 0 fully saturated rings. The van der Waals surface area contributed by atoms with Gasteiger partial charge in [-0.2, -0.15) is 0 Å². The van der Waals surface area contributed by atoms with Crippen LogP contribution in [-0.2, 0) is 12.0 Å². The zero-order valence-corrected chi connectivity index (χ0v) is 12.6. The maximum atomic E-state index is 5.79. The fraction of sp³-hybridized carbons (Fsp3) is 0.333. The second kappa shape index (κ2) is 6.10. The Morgan fingerprint density at radius 2 is 1.75 bits per heavy atom. The summed E-state index contributed by atoms with van der Waals surface area (Å²) in [6, 6.07) is 16.8. The van der Waals surface area contributed by atoms with E-state index in [4.69, 9.17) is 5.73 Å². The maximum absolute atomic E-state index is 5.79. The quantitative estimate of drug-likeness (QED) is 0.812. The van der Waals surface area contributed by atoms with Gasteiger partial charge >= 0.3 is 0 Å². The molecule has 0 aliphatic rings. The van der Waals surface area contributed by atoms with Gasteiger partial charge in [0.05, 0.1) is 0 Å². The molecule has 2 rings (SSSR count). The van der Waals surface area contributed by atoms with Crippen molar-refractivity contribution in [3.05, 3.63) is 65.2 Å². The third-order valence-corrected chi connectivity index (χ3v) is 3.68. The Kier molecular flexibility index (Phi) is 4.46. The zero-order valence-electron chi connectivity index (χ0n) is 12.6. The Balaban J connectivity index is 1.94. The summed E-state index contributed by atoms with van der Waals surface area (Å²) in [6.07, 6.45) is 0. The van der Waals surface area contributed by atoms with Crippen LogP contribution in [0.5, 0.6) is 0 Å². The summed E-state index contributed by atoms with van der Waals surface area (Å²) in [6.45, 7) is 8.44. The van der Waals surface area contributed by atoms with Crippen molar-refractivity contribution in [2.45, 2.75) is 32.7 Å². The maximum Gasteiger partial charge on any atom is 0.0317 e. The molecule has 0 heterocycles. The monoisotopic (exact) mass is 268 g/mol. The lowest BCUT2D eigenvalue weighted by molar-refractivity contribution is 0.469. The van der Waals surface area contributed by atoms with Gasteiger partial charge in [0, 0.05) is 24.2 Å². The van der Waals surface area contributed by atoms with E-state index in [1.807, 2.05) is 18.2 Å². The van der Waals surface area contributed by atoms with Crippen LogP contribution in [0.25, 0.3) is 0 Å². The van der Waals surface area contributed by atoms with Gasteiger partial charge < -0.3 is 11.1 Å². The highest BCUT2D eigenvalue weighted by Gasteiger charge is 2.19. The molecule has 3 N–H and O–H groups in total. The molecule has 0 radical (unpaired) electrons. The lowest BCUT2D eigenvalue weighted by atomic mass is 9.84. The van der Waals surface area contributed by atoms with Gasteiger partial charge in [-0.05, 0) is 30.2 Å². The molecular formula is C18H24N2. The van der Waals surface area contributed by atoms with Crippen LogP contribution >= 0.6 is 0 Å². The van der Waals surface area contributed by atoms with Crippen molar-refractivity contribution in [3.8, 4) is 0 Å². The lowest BCUT2D eigenvalue weighted by Gasteiger charge is -2.26. The van der Waals surface area contributed by atoms with Gasteiger partial charge in [-0.1, -0.05) is 55.8 Å². The molecule has 106 valence electrons. The molecular weight excluding hydrogens is 244 g/mol. The first-order chi connectivity index (χ1) is 9.47. The van der Waals surface area contributed by atoms with E-state index in [2.05, 4.69) is 56.4 Å². The highest BCUT2D eigenvalue weighted by atomic mass is 14.9. The fourth-order valence-electron chi connectivity index (χ4n) is 2.33. The summed E-state index contributed by atoms with van der Waals surface area (Å²) < 4.78 is 0. The molecule has 20 heavy (non-hydrogen) atoms. The van der Waals surface area contributed by atoms with Crippen LogP contribution in [0.3, 0.4) is 0 Å². The van der Waals surface area contributed by atoms with Crippen LogP contribution in [0.15, 0.2) is 48.5 Å².